The molecule has 2 heterocycles. The molecule has 6 nitrogen and oxygen atoms in total. The number of rotatable bonds is 3. The van der Waals surface area contributed by atoms with Gasteiger partial charge in [-0.25, -0.2) is 14.2 Å². The molecule has 1 aromatic carbocycles. The van der Waals surface area contributed by atoms with Crippen molar-refractivity contribution in [2.75, 3.05) is 12.3 Å². The minimum atomic E-state index is -0.532. The van der Waals surface area contributed by atoms with Crippen LogP contribution in [-0.2, 0) is 4.74 Å². The third-order valence-corrected chi connectivity index (χ3v) is 3.48. The van der Waals surface area contributed by atoms with Crippen LogP contribution in [0.1, 0.15) is 22.8 Å². The molecule has 3 rings (SSSR count). The Kier molecular flexibility index (Phi) is 3.69. The number of pyridine rings is 1. The van der Waals surface area contributed by atoms with E-state index in [-0.39, 0.29) is 23.8 Å². The third-order valence-electron chi connectivity index (χ3n) is 3.48. The number of benzene rings is 1. The molecule has 118 valence electrons. The summed E-state index contributed by atoms with van der Waals surface area (Å²) in [4.78, 5) is 16.2. The van der Waals surface area contributed by atoms with Crippen molar-refractivity contribution in [2.24, 2.45) is 0 Å². The van der Waals surface area contributed by atoms with Crippen LogP contribution in [0.25, 0.3) is 16.7 Å². The molecule has 0 aliphatic heterocycles. The highest BCUT2D eigenvalue weighted by Crippen LogP contribution is 2.23. The molecule has 7 heteroatoms. The zero-order valence-corrected chi connectivity index (χ0v) is 12.7. The lowest BCUT2D eigenvalue weighted by atomic mass is 10.1. The molecule has 0 saturated heterocycles. The summed E-state index contributed by atoms with van der Waals surface area (Å²) in [7, 11) is 0. The molecule has 2 aromatic heterocycles. The van der Waals surface area contributed by atoms with Crippen LogP contribution < -0.4 is 5.73 Å². The van der Waals surface area contributed by atoms with Crippen LogP contribution in [0.2, 0.25) is 0 Å². The number of aromatic nitrogens is 3. The number of hydrogen-bond acceptors (Lipinski definition) is 5. The van der Waals surface area contributed by atoms with E-state index < -0.39 is 5.97 Å². The summed E-state index contributed by atoms with van der Waals surface area (Å²) in [5.74, 6) is -0.249. The van der Waals surface area contributed by atoms with Gasteiger partial charge in [0.15, 0.2) is 5.82 Å². The minimum Gasteiger partial charge on any atom is -0.462 e. The monoisotopic (exact) mass is 314 g/mol. The first-order valence-corrected chi connectivity index (χ1v) is 7.09. The fourth-order valence-electron chi connectivity index (χ4n) is 2.36. The fourth-order valence-corrected chi connectivity index (χ4v) is 2.36. The quantitative estimate of drug-likeness (QED) is 0.751. The van der Waals surface area contributed by atoms with Gasteiger partial charge in [0.05, 0.1) is 18.3 Å². The molecule has 0 spiro atoms. The highest BCUT2D eigenvalue weighted by Gasteiger charge is 2.18. The summed E-state index contributed by atoms with van der Waals surface area (Å²) in [6, 6.07) is 6.10. The largest absolute Gasteiger partial charge is 0.462 e. The minimum absolute atomic E-state index is 0.150. The molecular weight excluding hydrogens is 299 g/mol. The van der Waals surface area contributed by atoms with Gasteiger partial charge in [-0.15, -0.1) is 0 Å². The van der Waals surface area contributed by atoms with E-state index >= 15 is 0 Å². The van der Waals surface area contributed by atoms with Crippen LogP contribution in [-0.4, -0.2) is 27.3 Å². The van der Waals surface area contributed by atoms with Gasteiger partial charge in [0.1, 0.15) is 17.2 Å². The third kappa shape index (κ3) is 2.61. The van der Waals surface area contributed by atoms with E-state index in [0.717, 1.165) is 5.56 Å². The Morgan fingerprint density at radius 1 is 1.39 bits per heavy atom. The number of ether oxygens (including phenoxy) is 1. The Hall–Kier alpha value is -2.96. The topological polar surface area (TPSA) is 83.0 Å². The second-order valence-corrected chi connectivity index (χ2v) is 5.03. The van der Waals surface area contributed by atoms with Crippen molar-refractivity contribution in [2.45, 2.75) is 13.8 Å². The SMILES string of the molecule is CCOC(=O)c1cnn(-c2cc(C)c3cc(F)ccc3n2)c1N. The number of nitrogens with two attached hydrogens (primary N) is 1. The molecule has 0 atom stereocenters. The number of carbonyl (C=O) groups is 1. The lowest BCUT2D eigenvalue weighted by molar-refractivity contribution is 0.0527. The van der Waals surface area contributed by atoms with Crippen LogP contribution >= 0.6 is 0 Å². The van der Waals surface area contributed by atoms with Gasteiger partial charge in [-0.1, -0.05) is 0 Å². The number of esters is 1. The molecule has 23 heavy (non-hydrogen) atoms. The number of anilines is 1. The molecule has 0 saturated carbocycles. The van der Waals surface area contributed by atoms with E-state index in [1.807, 2.05) is 6.92 Å². The number of hydrogen-bond donors (Lipinski definition) is 1. The van der Waals surface area contributed by atoms with Gasteiger partial charge in [0, 0.05) is 5.39 Å². The van der Waals surface area contributed by atoms with Crippen molar-refractivity contribution in [3.63, 3.8) is 0 Å². The second kappa shape index (κ2) is 5.68. The average Bonchev–Trinajstić information content (AvgIpc) is 2.90. The summed E-state index contributed by atoms with van der Waals surface area (Å²) in [5.41, 5.74) is 7.62. The average molecular weight is 314 g/mol. The molecule has 0 amide bonds. The number of carbonyl (C=O) groups excluding carboxylic acids is 1. The van der Waals surface area contributed by atoms with Crippen molar-refractivity contribution in [1.29, 1.82) is 0 Å². The van der Waals surface area contributed by atoms with Crippen molar-refractivity contribution in [3.05, 3.63) is 47.4 Å². The second-order valence-electron chi connectivity index (χ2n) is 5.03. The molecule has 3 aromatic rings. The molecule has 0 bridgehead atoms. The number of nitrogens with zero attached hydrogens (tertiary/aromatic N) is 3. The number of halogens is 1. The van der Waals surface area contributed by atoms with Crippen molar-refractivity contribution in [3.8, 4) is 5.82 Å². The smallest absolute Gasteiger partial charge is 0.343 e. The maximum atomic E-state index is 13.4. The number of aryl methyl sites for hydroxylation is 1. The van der Waals surface area contributed by atoms with Gasteiger partial charge in [0.2, 0.25) is 0 Å². The molecule has 0 fully saturated rings. The Labute approximate surface area is 131 Å². The van der Waals surface area contributed by atoms with E-state index in [1.165, 1.54) is 23.0 Å². The van der Waals surface area contributed by atoms with Crippen molar-refractivity contribution < 1.29 is 13.9 Å². The maximum absolute atomic E-state index is 13.4. The van der Waals surface area contributed by atoms with Crippen LogP contribution in [0.15, 0.2) is 30.5 Å². The summed E-state index contributed by atoms with van der Waals surface area (Å²) in [5, 5.41) is 4.82. The number of nitrogen functional groups attached to an aromatic ring is 1. The molecule has 0 aliphatic rings. The van der Waals surface area contributed by atoms with Crippen LogP contribution in [0.4, 0.5) is 10.2 Å². The molecule has 0 radical (unpaired) electrons. The summed E-state index contributed by atoms with van der Waals surface area (Å²) in [6.07, 6.45) is 1.35. The summed E-state index contributed by atoms with van der Waals surface area (Å²) < 4.78 is 19.6. The predicted octanol–water partition coefficient (Wildman–Crippen LogP) is 2.63. The zero-order chi connectivity index (χ0) is 16.6. The Bertz CT molecular complexity index is 904. The maximum Gasteiger partial charge on any atom is 0.343 e. The van der Waals surface area contributed by atoms with Crippen molar-refractivity contribution in [1.82, 2.24) is 14.8 Å². The van der Waals surface area contributed by atoms with Crippen LogP contribution in [0, 0.1) is 12.7 Å². The van der Waals surface area contributed by atoms with E-state index in [0.29, 0.717) is 16.7 Å². The first-order valence-electron chi connectivity index (χ1n) is 7.09. The van der Waals surface area contributed by atoms with E-state index in [2.05, 4.69) is 10.1 Å². The zero-order valence-electron chi connectivity index (χ0n) is 12.7. The van der Waals surface area contributed by atoms with E-state index in [4.69, 9.17) is 10.5 Å². The van der Waals surface area contributed by atoms with E-state index in [1.54, 1.807) is 19.1 Å². The predicted molar refractivity (Wildman–Crippen MR) is 83.9 cm³/mol. The Balaban J connectivity index is 2.11. The normalized spacial score (nSPS) is 10.9. The Morgan fingerprint density at radius 3 is 2.91 bits per heavy atom. The van der Waals surface area contributed by atoms with Gasteiger partial charge in [-0.3, -0.25) is 0 Å². The lowest BCUT2D eigenvalue weighted by Gasteiger charge is -2.08. The van der Waals surface area contributed by atoms with Gasteiger partial charge in [0.25, 0.3) is 0 Å². The summed E-state index contributed by atoms with van der Waals surface area (Å²) in [6.45, 7) is 3.81. The standard InChI is InChI=1S/C16H15FN4O2/c1-3-23-16(22)12-8-19-21(15(12)18)14-6-9(2)11-7-10(17)4-5-13(11)20-14/h4-8H,3,18H2,1-2H3. The Morgan fingerprint density at radius 2 is 2.17 bits per heavy atom. The number of fused-ring (bicyclic) bond motifs is 1. The van der Waals surface area contributed by atoms with Crippen molar-refractivity contribution >= 4 is 22.7 Å². The lowest BCUT2D eigenvalue weighted by Crippen LogP contribution is -2.10. The van der Waals surface area contributed by atoms with Gasteiger partial charge in [-0.2, -0.15) is 9.78 Å². The summed E-state index contributed by atoms with van der Waals surface area (Å²) >= 11 is 0. The van der Waals surface area contributed by atoms with Crippen LogP contribution in [0.5, 0.6) is 0 Å². The van der Waals surface area contributed by atoms with Gasteiger partial charge in [-0.05, 0) is 43.7 Å². The highest BCUT2D eigenvalue weighted by atomic mass is 19.1. The fraction of sp³-hybridized carbons (Fsp3) is 0.188. The highest BCUT2D eigenvalue weighted by molar-refractivity contribution is 5.94. The molecular formula is C16H15FN4O2. The first-order chi connectivity index (χ1) is 11.0. The molecule has 0 unspecified atom stereocenters. The van der Waals surface area contributed by atoms with Crippen LogP contribution in [0.3, 0.4) is 0 Å². The first kappa shape index (κ1) is 15.0. The molecule has 2 N–H and O–H groups in total. The van der Waals surface area contributed by atoms with Gasteiger partial charge < -0.3 is 10.5 Å². The van der Waals surface area contributed by atoms with Gasteiger partial charge >= 0.3 is 5.97 Å². The van der Waals surface area contributed by atoms with E-state index in [9.17, 15) is 9.18 Å². The molecule has 0 aliphatic carbocycles.